The monoisotopic (exact) mass is 185 g/mol. The zero-order valence-electron chi connectivity index (χ0n) is 8.58. The number of aliphatic carboxylic acids is 1. The highest BCUT2D eigenvalue weighted by molar-refractivity contribution is 5.79. The minimum atomic E-state index is -0.891. The Morgan fingerprint density at radius 3 is 2.62 bits per heavy atom. The van der Waals surface area contributed by atoms with E-state index in [0.717, 1.165) is 12.5 Å². The zero-order valence-corrected chi connectivity index (χ0v) is 8.58. The lowest BCUT2D eigenvalue weighted by atomic mass is 10.0. The summed E-state index contributed by atoms with van der Waals surface area (Å²) >= 11 is 0. The van der Waals surface area contributed by atoms with Gasteiger partial charge in [-0.2, -0.15) is 0 Å². The van der Waals surface area contributed by atoms with Gasteiger partial charge >= 0.3 is 5.97 Å². The van der Waals surface area contributed by atoms with E-state index in [1.54, 1.807) is 6.08 Å². The predicted molar refractivity (Wildman–Crippen MR) is 53.7 cm³/mol. The van der Waals surface area contributed by atoms with Crippen molar-refractivity contribution in [1.82, 2.24) is 5.32 Å². The Labute approximate surface area is 79.8 Å². The molecule has 2 atom stereocenters. The quantitative estimate of drug-likeness (QED) is 0.619. The van der Waals surface area contributed by atoms with Crippen LogP contribution in [0.3, 0.4) is 0 Å². The van der Waals surface area contributed by atoms with Gasteiger partial charge in [0.05, 0.1) is 0 Å². The number of hydrogen-bond acceptors (Lipinski definition) is 2. The van der Waals surface area contributed by atoms with E-state index in [1.807, 2.05) is 0 Å². The number of carboxylic acids is 1. The maximum atomic E-state index is 10.1. The van der Waals surface area contributed by atoms with Crippen LogP contribution in [0.15, 0.2) is 12.2 Å². The Bertz CT molecular complexity index is 178. The second-order valence-corrected chi connectivity index (χ2v) is 3.32. The van der Waals surface area contributed by atoms with Crippen LogP contribution in [0.1, 0.15) is 27.2 Å². The molecular formula is C10H19NO2. The molecule has 0 heterocycles. The average molecular weight is 185 g/mol. The lowest BCUT2D eigenvalue weighted by Crippen LogP contribution is -2.31. The fourth-order valence-electron chi connectivity index (χ4n) is 0.968. The van der Waals surface area contributed by atoms with Gasteiger partial charge in [0.1, 0.15) is 0 Å². The van der Waals surface area contributed by atoms with Crippen LogP contribution in [-0.4, -0.2) is 23.7 Å². The van der Waals surface area contributed by atoms with Crippen molar-refractivity contribution in [3.05, 3.63) is 12.2 Å². The zero-order chi connectivity index (χ0) is 10.3. The summed E-state index contributed by atoms with van der Waals surface area (Å²) in [4.78, 5) is 10.1. The van der Waals surface area contributed by atoms with Crippen molar-refractivity contribution in [2.75, 3.05) is 6.54 Å². The molecule has 0 spiro atoms. The normalized spacial score (nSPS) is 15.9. The van der Waals surface area contributed by atoms with Crippen molar-refractivity contribution in [2.45, 2.75) is 33.2 Å². The molecule has 0 rings (SSSR count). The van der Waals surface area contributed by atoms with Gasteiger partial charge in [0.2, 0.25) is 0 Å². The molecule has 0 aromatic carbocycles. The molecule has 0 amide bonds. The molecule has 76 valence electrons. The van der Waals surface area contributed by atoms with E-state index in [4.69, 9.17) is 5.11 Å². The minimum absolute atomic E-state index is 0.434. The molecule has 2 N–H and O–H groups in total. The number of rotatable bonds is 6. The van der Waals surface area contributed by atoms with Gasteiger partial charge < -0.3 is 10.4 Å². The van der Waals surface area contributed by atoms with Gasteiger partial charge in [-0.05, 0) is 12.8 Å². The third kappa shape index (κ3) is 6.34. The molecule has 0 saturated heterocycles. The molecule has 0 aliphatic heterocycles. The van der Waals surface area contributed by atoms with Crippen LogP contribution < -0.4 is 5.32 Å². The first kappa shape index (κ1) is 12.2. The van der Waals surface area contributed by atoms with Gasteiger partial charge in [-0.25, -0.2) is 4.79 Å². The van der Waals surface area contributed by atoms with E-state index in [9.17, 15) is 4.79 Å². The van der Waals surface area contributed by atoms with Crippen LogP contribution in [0.2, 0.25) is 0 Å². The van der Waals surface area contributed by atoms with Crippen molar-refractivity contribution in [3.63, 3.8) is 0 Å². The van der Waals surface area contributed by atoms with Crippen molar-refractivity contribution in [1.29, 1.82) is 0 Å². The van der Waals surface area contributed by atoms with Crippen molar-refractivity contribution >= 4 is 5.97 Å². The highest BCUT2D eigenvalue weighted by Gasteiger charge is 2.07. The number of carbonyl (C=O) groups is 1. The predicted octanol–water partition coefficient (Wildman–Crippen LogP) is 1.65. The molecule has 0 aromatic heterocycles. The second kappa shape index (κ2) is 6.66. The number of hydrogen-bond donors (Lipinski definition) is 2. The first-order chi connectivity index (χ1) is 6.07. The molecule has 0 aromatic rings. The topological polar surface area (TPSA) is 49.3 Å². The van der Waals surface area contributed by atoms with E-state index in [1.165, 1.54) is 0 Å². The van der Waals surface area contributed by atoms with Crippen LogP contribution >= 0.6 is 0 Å². The molecule has 0 fully saturated rings. The Morgan fingerprint density at radius 2 is 2.15 bits per heavy atom. The van der Waals surface area contributed by atoms with Crippen molar-refractivity contribution < 1.29 is 9.90 Å². The second-order valence-electron chi connectivity index (χ2n) is 3.32. The van der Waals surface area contributed by atoms with Crippen LogP contribution in [0.5, 0.6) is 0 Å². The van der Waals surface area contributed by atoms with Crippen LogP contribution in [-0.2, 0) is 4.79 Å². The molecule has 0 aliphatic carbocycles. The maximum Gasteiger partial charge on any atom is 0.328 e. The lowest BCUT2D eigenvalue weighted by molar-refractivity contribution is -0.131. The van der Waals surface area contributed by atoms with Gasteiger partial charge in [0, 0.05) is 18.7 Å². The summed E-state index contributed by atoms with van der Waals surface area (Å²) in [6.07, 6.45) is 3.92. The van der Waals surface area contributed by atoms with E-state index >= 15 is 0 Å². The van der Waals surface area contributed by atoms with Gasteiger partial charge in [-0.3, -0.25) is 0 Å². The lowest BCUT2D eigenvalue weighted by Gasteiger charge is -2.18. The molecular weight excluding hydrogens is 166 g/mol. The summed E-state index contributed by atoms with van der Waals surface area (Å²) in [7, 11) is 0. The molecule has 0 radical (unpaired) electrons. The molecule has 0 aliphatic rings. The third-order valence-corrected chi connectivity index (χ3v) is 2.32. The van der Waals surface area contributed by atoms with Crippen LogP contribution in [0.4, 0.5) is 0 Å². The summed E-state index contributed by atoms with van der Waals surface area (Å²) < 4.78 is 0. The minimum Gasteiger partial charge on any atom is -0.478 e. The Kier molecular flexibility index (Phi) is 6.24. The van der Waals surface area contributed by atoms with E-state index in [-0.39, 0.29) is 0 Å². The Balaban J connectivity index is 3.58. The fraction of sp³-hybridized carbons (Fsp3) is 0.700. The first-order valence-corrected chi connectivity index (χ1v) is 4.70. The van der Waals surface area contributed by atoms with Crippen LogP contribution in [0.25, 0.3) is 0 Å². The summed E-state index contributed by atoms with van der Waals surface area (Å²) in [5.74, 6) is -0.267. The average Bonchev–Trinajstić information content (AvgIpc) is 2.10. The first-order valence-electron chi connectivity index (χ1n) is 4.70. The fourth-order valence-corrected chi connectivity index (χ4v) is 0.968. The van der Waals surface area contributed by atoms with Crippen molar-refractivity contribution in [3.8, 4) is 0 Å². The highest BCUT2D eigenvalue weighted by atomic mass is 16.4. The highest BCUT2D eigenvalue weighted by Crippen LogP contribution is 2.05. The molecule has 0 bridgehead atoms. The SMILES string of the molecule is CCC(C)C(C)NC/C=C/C(=O)O. The maximum absolute atomic E-state index is 10.1. The standard InChI is InChI=1S/C10H19NO2/c1-4-8(2)9(3)11-7-5-6-10(12)13/h5-6,8-9,11H,4,7H2,1-3H3,(H,12,13)/b6-5+. The largest absolute Gasteiger partial charge is 0.478 e. The Morgan fingerprint density at radius 1 is 1.54 bits per heavy atom. The number of carboxylic acid groups (broad SMARTS) is 1. The van der Waals surface area contributed by atoms with E-state index in [2.05, 4.69) is 26.1 Å². The Hall–Kier alpha value is -0.830. The van der Waals surface area contributed by atoms with Gasteiger partial charge in [-0.1, -0.05) is 26.3 Å². The summed E-state index contributed by atoms with van der Waals surface area (Å²) in [6, 6.07) is 0.434. The summed E-state index contributed by atoms with van der Waals surface area (Å²) in [5, 5.41) is 11.6. The van der Waals surface area contributed by atoms with Crippen LogP contribution in [0, 0.1) is 5.92 Å². The van der Waals surface area contributed by atoms with E-state index < -0.39 is 5.97 Å². The van der Waals surface area contributed by atoms with Gasteiger partial charge in [0.15, 0.2) is 0 Å². The van der Waals surface area contributed by atoms with Gasteiger partial charge in [-0.15, -0.1) is 0 Å². The molecule has 3 nitrogen and oxygen atoms in total. The molecule has 3 heteroatoms. The van der Waals surface area contributed by atoms with E-state index in [0.29, 0.717) is 18.5 Å². The molecule has 0 saturated carbocycles. The van der Waals surface area contributed by atoms with Crippen molar-refractivity contribution in [2.24, 2.45) is 5.92 Å². The van der Waals surface area contributed by atoms with Gasteiger partial charge in [0.25, 0.3) is 0 Å². The summed E-state index contributed by atoms with van der Waals surface area (Å²) in [6.45, 7) is 7.06. The third-order valence-electron chi connectivity index (χ3n) is 2.32. The summed E-state index contributed by atoms with van der Waals surface area (Å²) in [5.41, 5.74) is 0. The molecule has 2 unspecified atom stereocenters. The number of nitrogens with one attached hydrogen (secondary N) is 1. The molecule has 13 heavy (non-hydrogen) atoms. The smallest absolute Gasteiger partial charge is 0.328 e.